The average Bonchev–Trinajstić information content (AvgIpc) is 3.02. The normalized spacial score (nSPS) is 21.4. The van der Waals surface area contributed by atoms with Crippen LogP contribution in [0.3, 0.4) is 0 Å². The molecule has 1 amide bonds. The second kappa shape index (κ2) is 6.42. The van der Waals surface area contributed by atoms with E-state index in [-0.39, 0.29) is 17.6 Å². The Balaban J connectivity index is 1.66. The Labute approximate surface area is 151 Å². The van der Waals surface area contributed by atoms with Gasteiger partial charge in [0.25, 0.3) is 5.91 Å². The fraction of sp³-hybridized carbons (Fsp3) is 0.474. The maximum atomic E-state index is 12.8. The maximum absolute atomic E-state index is 12.8. The van der Waals surface area contributed by atoms with Crippen LogP contribution in [-0.4, -0.2) is 29.7 Å². The largest absolute Gasteiger partial charge is 0.487 e. The molecule has 1 atom stereocenters. The summed E-state index contributed by atoms with van der Waals surface area (Å²) >= 11 is 1.38. The van der Waals surface area contributed by atoms with Crippen molar-refractivity contribution < 1.29 is 14.3 Å². The Kier molecular flexibility index (Phi) is 4.25. The molecule has 132 valence electrons. The number of aryl methyl sites for hydroxylation is 2. The predicted molar refractivity (Wildman–Crippen MR) is 96.3 cm³/mol. The lowest BCUT2D eigenvalue weighted by molar-refractivity contribution is -0.0639. The van der Waals surface area contributed by atoms with E-state index in [0.717, 1.165) is 36.3 Å². The predicted octanol–water partition coefficient (Wildman–Crippen LogP) is 3.56. The van der Waals surface area contributed by atoms with Gasteiger partial charge in [-0.1, -0.05) is 17.7 Å². The fourth-order valence-corrected chi connectivity index (χ4v) is 4.42. The molecule has 0 unspecified atom stereocenters. The number of nitrogens with one attached hydrogen (secondary N) is 1. The first-order chi connectivity index (χ1) is 12.1. The standard InChI is InChI=1S/C19H22N2O3S/c1-12-3-4-16-14(9-12)15(10-19(24-16)5-7-23-8-6-19)21-18(22)17-13(2)20-11-25-17/h3-4,9,11,15H,5-8,10H2,1-2H3,(H,21,22)/t15-/m0/s1. The molecule has 0 saturated carbocycles. The Bertz CT molecular complexity index is 796. The van der Waals surface area contributed by atoms with E-state index in [2.05, 4.69) is 29.4 Å². The third-order valence-electron chi connectivity index (χ3n) is 5.10. The first-order valence-corrected chi connectivity index (χ1v) is 9.53. The molecular formula is C19H22N2O3S. The van der Waals surface area contributed by atoms with Gasteiger partial charge in [-0.05, 0) is 19.9 Å². The molecule has 0 aliphatic carbocycles. The monoisotopic (exact) mass is 358 g/mol. The van der Waals surface area contributed by atoms with Crippen LogP contribution < -0.4 is 10.1 Å². The highest BCUT2D eigenvalue weighted by Crippen LogP contribution is 2.44. The van der Waals surface area contributed by atoms with Gasteiger partial charge in [0.15, 0.2) is 0 Å². The smallest absolute Gasteiger partial charge is 0.263 e. The molecule has 2 aliphatic heterocycles. The van der Waals surface area contributed by atoms with Gasteiger partial charge in [0.1, 0.15) is 16.2 Å². The first-order valence-electron chi connectivity index (χ1n) is 8.65. The van der Waals surface area contributed by atoms with Crippen molar-refractivity contribution in [2.24, 2.45) is 0 Å². The molecule has 0 bridgehead atoms. The van der Waals surface area contributed by atoms with E-state index in [9.17, 15) is 4.79 Å². The number of nitrogens with zero attached hydrogens (tertiary/aromatic N) is 1. The van der Waals surface area contributed by atoms with Gasteiger partial charge in [-0.15, -0.1) is 11.3 Å². The van der Waals surface area contributed by atoms with Crippen molar-refractivity contribution in [3.63, 3.8) is 0 Å². The Hall–Kier alpha value is -1.92. The van der Waals surface area contributed by atoms with Crippen molar-refractivity contribution in [3.05, 3.63) is 45.4 Å². The first kappa shape index (κ1) is 16.5. The summed E-state index contributed by atoms with van der Waals surface area (Å²) in [6, 6.07) is 6.14. The number of ether oxygens (including phenoxy) is 2. The topological polar surface area (TPSA) is 60.5 Å². The number of hydrogen-bond donors (Lipinski definition) is 1. The van der Waals surface area contributed by atoms with Crippen LogP contribution in [0.4, 0.5) is 0 Å². The lowest BCUT2D eigenvalue weighted by atomic mass is 9.81. The molecule has 1 fully saturated rings. The molecule has 1 N–H and O–H groups in total. The van der Waals surface area contributed by atoms with E-state index in [1.807, 2.05) is 13.0 Å². The minimum absolute atomic E-state index is 0.0541. The minimum atomic E-state index is -0.249. The van der Waals surface area contributed by atoms with E-state index in [4.69, 9.17) is 9.47 Å². The van der Waals surface area contributed by atoms with Crippen LogP contribution in [0.25, 0.3) is 0 Å². The van der Waals surface area contributed by atoms with Crippen LogP contribution >= 0.6 is 11.3 Å². The molecule has 5 nitrogen and oxygen atoms in total. The summed E-state index contributed by atoms with van der Waals surface area (Å²) in [5.74, 6) is 0.826. The van der Waals surface area contributed by atoms with Crippen LogP contribution in [0.5, 0.6) is 5.75 Å². The van der Waals surface area contributed by atoms with Gasteiger partial charge >= 0.3 is 0 Å². The quantitative estimate of drug-likeness (QED) is 0.892. The van der Waals surface area contributed by atoms with E-state index < -0.39 is 0 Å². The van der Waals surface area contributed by atoms with Crippen molar-refractivity contribution in [2.75, 3.05) is 13.2 Å². The molecule has 1 saturated heterocycles. The number of rotatable bonds is 2. The van der Waals surface area contributed by atoms with Gasteiger partial charge in [-0.3, -0.25) is 4.79 Å². The second-order valence-electron chi connectivity index (χ2n) is 6.94. The van der Waals surface area contributed by atoms with Gasteiger partial charge in [0, 0.05) is 24.8 Å². The van der Waals surface area contributed by atoms with Crippen molar-refractivity contribution >= 4 is 17.2 Å². The molecule has 1 aromatic carbocycles. The van der Waals surface area contributed by atoms with E-state index in [0.29, 0.717) is 18.1 Å². The summed E-state index contributed by atoms with van der Waals surface area (Å²) in [5.41, 5.74) is 4.47. The summed E-state index contributed by atoms with van der Waals surface area (Å²) in [4.78, 5) is 17.6. The van der Waals surface area contributed by atoms with Crippen LogP contribution in [-0.2, 0) is 4.74 Å². The van der Waals surface area contributed by atoms with E-state index >= 15 is 0 Å². The van der Waals surface area contributed by atoms with Gasteiger partial charge in [0.2, 0.25) is 0 Å². The lowest BCUT2D eigenvalue weighted by Crippen LogP contribution is -2.48. The Morgan fingerprint density at radius 1 is 1.32 bits per heavy atom. The average molecular weight is 358 g/mol. The number of fused-ring (bicyclic) bond motifs is 1. The summed E-state index contributed by atoms with van der Waals surface area (Å²) in [7, 11) is 0. The molecular weight excluding hydrogens is 336 g/mol. The van der Waals surface area contributed by atoms with Gasteiger partial charge in [-0.2, -0.15) is 0 Å². The third kappa shape index (κ3) is 3.16. The molecule has 4 rings (SSSR count). The Morgan fingerprint density at radius 3 is 2.84 bits per heavy atom. The highest BCUT2D eigenvalue weighted by atomic mass is 32.1. The molecule has 0 radical (unpaired) electrons. The minimum Gasteiger partial charge on any atom is -0.487 e. The number of benzene rings is 1. The van der Waals surface area contributed by atoms with Gasteiger partial charge in [0.05, 0.1) is 30.5 Å². The van der Waals surface area contributed by atoms with Crippen molar-refractivity contribution in [1.29, 1.82) is 0 Å². The summed E-state index contributed by atoms with van der Waals surface area (Å²) < 4.78 is 11.9. The zero-order valence-corrected chi connectivity index (χ0v) is 15.3. The molecule has 2 aliphatic rings. The highest BCUT2D eigenvalue weighted by Gasteiger charge is 2.43. The van der Waals surface area contributed by atoms with Crippen LogP contribution in [0.15, 0.2) is 23.7 Å². The number of hydrogen-bond acceptors (Lipinski definition) is 5. The number of thiazole rings is 1. The van der Waals surface area contributed by atoms with Crippen LogP contribution in [0.2, 0.25) is 0 Å². The van der Waals surface area contributed by atoms with Crippen molar-refractivity contribution in [3.8, 4) is 5.75 Å². The third-order valence-corrected chi connectivity index (χ3v) is 6.03. The number of amides is 1. The van der Waals surface area contributed by atoms with Gasteiger partial charge < -0.3 is 14.8 Å². The van der Waals surface area contributed by atoms with E-state index in [1.54, 1.807) is 5.51 Å². The van der Waals surface area contributed by atoms with E-state index in [1.165, 1.54) is 16.9 Å². The summed E-state index contributed by atoms with van der Waals surface area (Å²) in [6.45, 7) is 5.34. The summed E-state index contributed by atoms with van der Waals surface area (Å²) in [5, 5.41) is 3.23. The molecule has 3 heterocycles. The molecule has 25 heavy (non-hydrogen) atoms. The second-order valence-corrected chi connectivity index (χ2v) is 7.79. The molecule has 1 spiro atoms. The van der Waals surface area contributed by atoms with Gasteiger partial charge in [-0.25, -0.2) is 4.98 Å². The number of carbonyl (C=O) groups is 1. The highest BCUT2D eigenvalue weighted by molar-refractivity contribution is 7.11. The lowest BCUT2D eigenvalue weighted by Gasteiger charge is -2.44. The number of aromatic nitrogens is 1. The Morgan fingerprint density at radius 2 is 2.12 bits per heavy atom. The molecule has 1 aromatic heterocycles. The summed E-state index contributed by atoms with van der Waals surface area (Å²) in [6.07, 6.45) is 2.48. The van der Waals surface area contributed by atoms with Crippen molar-refractivity contribution in [2.45, 2.75) is 44.8 Å². The van der Waals surface area contributed by atoms with Crippen LogP contribution in [0, 0.1) is 13.8 Å². The number of carbonyl (C=O) groups excluding carboxylic acids is 1. The SMILES string of the molecule is Cc1ccc2c(c1)[C@@H](NC(=O)c1scnc1C)CC1(CCOCC1)O2. The van der Waals surface area contributed by atoms with Crippen molar-refractivity contribution in [1.82, 2.24) is 10.3 Å². The zero-order chi connectivity index (χ0) is 17.4. The molecule has 2 aromatic rings. The zero-order valence-electron chi connectivity index (χ0n) is 14.5. The fourth-order valence-electron chi connectivity index (χ4n) is 3.71. The van der Waals surface area contributed by atoms with Crippen LogP contribution in [0.1, 0.15) is 51.8 Å². The maximum Gasteiger partial charge on any atom is 0.263 e. The molecule has 6 heteroatoms.